The van der Waals surface area contributed by atoms with Crippen LogP contribution in [0.4, 0.5) is 5.69 Å². The lowest BCUT2D eigenvalue weighted by Gasteiger charge is -2.24. The third-order valence-electron chi connectivity index (χ3n) is 4.43. The van der Waals surface area contributed by atoms with Gasteiger partial charge in [0.15, 0.2) is 0 Å². The molecule has 0 aliphatic rings. The minimum absolute atomic E-state index is 0.116. The Labute approximate surface area is 186 Å². The Hall–Kier alpha value is -2.54. The predicted octanol–water partition coefficient (Wildman–Crippen LogP) is 4.81. The van der Waals surface area contributed by atoms with E-state index in [1.807, 2.05) is 6.92 Å². The van der Waals surface area contributed by atoms with E-state index < -0.39 is 15.9 Å². The second-order valence-electron chi connectivity index (χ2n) is 6.67. The Kier molecular flexibility index (Phi) is 7.02. The summed E-state index contributed by atoms with van der Waals surface area (Å²) in [6, 6.07) is 20.0. The highest BCUT2D eigenvalue weighted by Crippen LogP contribution is 2.24. The van der Waals surface area contributed by atoms with Crippen LogP contribution in [0.25, 0.3) is 0 Å². The highest BCUT2D eigenvalue weighted by molar-refractivity contribution is 7.92. The van der Waals surface area contributed by atoms with Crippen molar-refractivity contribution in [2.45, 2.75) is 18.4 Å². The molecule has 0 saturated carbocycles. The monoisotopic (exact) mass is 462 g/mol. The summed E-state index contributed by atoms with van der Waals surface area (Å²) in [5.74, 6) is -0.458. The summed E-state index contributed by atoms with van der Waals surface area (Å²) in [6.07, 6.45) is 0. The second kappa shape index (κ2) is 9.51. The van der Waals surface area contributed by atoms with Crippen LogP contribution in [0.5, 0.6) is 0 Å². The van der Waals surface area contributed by atoms with Crippen molar-refractivity contribution in [3.63, 3.8) is 0 Å². The minimum Gasteiger partial charge on any atom is -0.350 e. The molecule has 8 heteroatoms. The summed E-state index contributed by atoms with van der Waals surface area (Å²) < 4.78 is 27.6. The number of aryl methyl sites for hydroxylation is 1. The third kappa shape index (κ3) is 5.33. The van der Waals surface area contributed by atoms with E-state index in [9.17, 15) is 13.2 Å². The van der Waals surface area contributed by atoms with Gasteiger partial charge in [-0.2, -0.15) is 0 Å². The Morgan fingerprint density at radius 1 is 0.967 bits per heavy atom. The van der Waals surface area contributed by atoms with Gasteiger partial charge in [-0.3, -0.25) is 9.10 Å². The summed E-state index contributed by atoms with van der Waals surface area (Å²) in [7, 11) is -3.93. The van der Waals surface area contributed by atoms with Crippen LogP contribution in [0.15, 0.2) is 77.7 Å². The average Bonchev–Trinajstić information content (AvgIpc) is 2.72. The highest BCUT2D eigenvalue weighted by atomic mass is 35.5. The zero-order chi connectivity index (χ0) is 21.7. The van der Waals surface area contributed by atoms with Crippen LogP contribution < -0.4 is 9.62 Å². The molecule has 5 nitrogen and oxygen atoms in total. The van der Waals surface area contributed by atoms with Crippen LogP contribution in [0.2, 0.25) is 10.0 Å². The zero-order valence-corrected chi connectivity index (χ0v) is 18.5. The Bertz CT molecular complexity index is 1130. The molecule has 3 aromatic carbocycles. The van der Waals surface area contributed by atoms with E-state index in [1.54, 1.807) is 60.7 Å². The van der Waals surface area contributed by atoms with E-state index in [-0.39, 0.29) is 18.0 Å². The molecule has 30 heavy (non-hydrogen) atoms. The molecule has 0 heterocycles. The van der Waals surface area contributed by atoms with Crippen LogP contribution in [0, 0.1) is 6.92 Å². The molecule has 1 amide bonds. The van der Waals surface area contributed by atoms with Gasteiger partial charge in [0.05, 0.1) is 10.6 Å². The van der Waals surface area contributed by atoms with Gasteiger partial charge in [0.1, 0.15) is 6.54 Å². The third-order valence-corrected chi connectivity index (χ3v) is 6.81. The smallest absolute Gasteiger partial charge is 0.264 e. The fourth-order valence-electron chi connectivity index (χ4n) is 2.79. The Balaban J connectivity index is 1.82. The normalized spacial score (nSPS) is 11.2. The lowest BCUT2D eigenvalue weighted by Crippen LogP contribution is -2.40. The first-order valence-electron chi connectivity index (χ1n) is 9.12. The van der Waals surface area contributed by atoms with E-state index in [1.165, 1.54) is 12.1 Å². The lowest BCUT2D eigenvalue weighted by atomic mass is 10.2. The number of hydrogen-bond acceptors (Lipinski definition) is 3. The van der Waals surface area contributed by atoms with Crippen LogP contribution in [-0.2, 0) is 21.4 Å². The number of benzene rings is 3. The topological polar surface area (TPSA) is 66.5 Å². The first-order valence-corrected chi connectivity index (χ1v) is 11.3. The maximum atomic E-state index is 13.3. The summed E-state index contributed by atoms with van der Waals surface area (Å²) in [4.78, 5) is 12.7. The average molecular weight is 463 g/mol. The van der Waals surface area contributed by atoms with Gasteiger partial charge < -0.3 is 5.32 Å². The van der Waals surface area contributed by atoms with Gasteiger partial charge in [-0.15, -0.1) is 0 Å². The standard InChI is InChI=1S/C22H20Cl2N2O3S/c1-16-7-11-20(12-8-16)30(28,29)26(19-5-3-2-4-6-19)15-22(27)25-14-17-9-10-18(23)13-21(17)24/h2-13H,14-15H2,1H3,(H,25,27). The van der Waals surface area contributed by atoms with Gasteiger partial charge in [-0.05, 0) is 48.9 Å². The first-order chi connectivity index (χ1) is 14.3. The van der Waals surface area contributed by atoms with Crippen molar-refractivity contribution in [3.8, 4) is 0 Å². The van der Waals surface area contributed by atoms with E-state index in [0.717, 1.165) is 9.87 Å². The van der Waals surface area contributed by atoms with Crippen molar-refractivity contribution >= 4 is 44.8 Å². The quantitative estimate of drug-likeness (QED) is 0.547. The molecule has 0 aliphatic heterocycles. The van der Waals surface area contributed by atoms with Gasteiger partial charge >= 0.3 is 0 Å². The molecule has 0 aromatic heterocycles. The van der Waals surface area contributed by atoms with E-state index in [0.29, 0.717) is 21.3 Å². The number of rotatable bonds is 7. The molecule has 0 aliphatic carbocycles. The van der Waals surface area contributed by atoms with Crippen molar-refractivity contribution in [1.82, 2.24) is 5.32 Å². The van der Waals surface area contributed by atoms with E-state index in [2.05, 4.69) is 5.32 Å². The molecule has 3 aromatic rings. The molecule has 0 unspecified atom stereocenters. The van der Waals surface area contributed by atoms with Crippen molar-refractivity contribution in [3.05, 3.63) is 94.0 Å². The zero-order valence-electron chi connectivity index (χ0n) is 16.2. The molecule has 0 bridgehead atoms. The maximum absolute atomic E-state index is 13.3. The molecule has 1 N–H and O–H groups in total. The van der Waals surface area contributed by atoms with Crippen LogP contribution in [0.1, 0.15) is 11.1 Å². The molecule has 0 radical (unpaired) electrons. The summed E-state index contributed by atoms with van der Waals surface area (Å²) in [5, 5.41) is 3.64. The highest BCUT2D eigenvalue weighted by Gasteiger charge is 2.27. The number of anilines is 1. The van der Waals surface area contributed by atoms with Gasteiger partial charge in [-0.1, -0.05) is 65.2 Å². The number of halogens is 2. The van der Waals surface area contributed by atoms with Gasteiger partial charge in [-0.25, -0.2) is 8.42 Å². The molecule has 156 valence electrons. The Morgan fingerprint density at radius 3 is 2.27 bits per heavy atom. The molecule has 0 fully saturated rings. The van der Waals surface area contributed by atoms with Gasteiger partial charge in [0.25, 0.3) is 10.0 Å². The fraction of sp³-hybridized carbons (Fsp3) is 0.136. The van der Waals surface area contributed by atoms with Gasteiger partial charge in [0, 0.05) is 16.6 Å². The summed E-state index contributed by atoms with van der Waals surface area (Å²) in [6.45, 7) is 1.66. The molecule has 3 rings (SSSR count). The number of nitrogens with one attached hydrogen (secondary N) is 1. The first kappa shape index (κ1) is 22.2. The lowest BCUT2D eigenvalue weighted by molar-refractivity contribution is -0.119. The molecule has 0 saturated heterocycles. The fourth-order valence-corrected chi connectivity index (χ4v) is 4.69. The second-order valence-corrected chi connectivity index (χ2v) is 9.38. The Morgan fingerprint density at radius 2 is 1.63 bits per heavy atom. The molecular weight excluding hydrogens is 443 g/mol. The number of carbonyl (C=O) groups excluding carboxylic acids is 1. The van der Waals surface area contributed by atoms with Crippen LogP contribution >= 0.6 is 23.2 Å². The number of amides is 1. The molecule has 0 atom stereocenters. The molecule has 0 spiro atoms. The van der Waals surface area contributed by atoms with Gasteiger partial charge in [0.2, 0.25) is 5.91 Å². The van der Waals surface area contributed by atoms with E-state index in [4.69, 9.17) is 23.2 Å². The number of carbonyl (C=O) groups is 1. The van der Waals surface area contributed by atoms with Crippen LogP contribution in [-0.4, -0.2) is 20.9 Å². The SMILES string of the molecule is Cc1ccc(S(=O)(=O)N(CC(=O)NCc2ccc(Cl)cc2Cl)c2ccccc2)cc1. The van der Waals surface area contributed by atoms with Crippen LogP contribution in [0.3, 0.4) is 0 Å². The van der Waals surface area contributed by atoms with E-state index >= 15 is 0 Å². The minimum atomic E-state index is -3.93. The number of sulfonamides is 1. The predicted molar refractivity (Wildman–Crippen MR) is 120 cm³/mol. The summed E-state index contributed by atoms with van der Waals surface area (Å²) in [5.41, 5.74) is 2.03. The largest absolute Gasteiger partial charge is 0.350 e. The van der Waals surface area contributed by atoms with Crippen molar-refractivity contribution in [2.24, 2.45) is 0 Å². The summed E-state index contributed by atoms with van der Waals surface area (Å²) >= 11 is 12.0. The maximum Gasteiger partial charge on any atom is 0.264 e. The number of hydrogen-bond donors (Lipinski definition) is 1. The molecular formula is C22H20Cl2N2O3S. The van der Waals surface area contributed by atoms with Crippen molar-refractivity contribution < 1.29 is 13.2 Å². The van der Waals surface area contributed by atoms with Crippen molar-refractivity contribution in [1.29, 1.82) is 0 Å². The number of nitrogens with zero attached hydrogens (tertiary/aromatic N) is 1. The number of para-hydroxylation sites is 1. The van der Waals surface area contributed by atoms with Crippen molar-refractivity contribution in [2.75, 3.05) is 10.8 Å².